The molecule has 0 heterocycles. The maximum Gasteiger partial charge on any atom is -0.0114 e. The summed E-state index contributed by atoms with van der Waals surface area (Å²) in [6.07, 6.45) is 13.9. The zero-order valence-corrected chi connectivity index (χ0v) is 8.84. The molecule has 0 saturated carbocycles. The van der Waals surface area contributed by atoms with Gasteiger partial charge in [-0.25, -0.2) is 0 Å². The van der Waals surface area contributed by atoms with Crippen LogP contribution in [0.3, 0.4) is 0 Å². The van der Waals surface area contributed by atoms with Gasteiger partial charge in [0.15, 0.2) is 0 Å². The highest BCUT2D eigenvalue weighted by Gasteiger charge is 2.37. The van der Waals surface area contributed by atoms with Crippen molar-refractivity contribution in [3.63, 3.8) is 0 Å². The van der Waals surface area contributed by atoms with E-state index in [1.54, 1.807) is 5.57 Å². The van der Waals surface area contributed by atoms with Crippen molar-refractivity contribution < 1.29 is 0 Å². The predicted octanol–water partition coefficient (Wildman–Crippen LogP) is 4.09. The van der Waals surface area contributed by atoms with Gasteiger partial charge in [0, 0.05) is 0 Å². The van der Waals surface area contributed by atoms with Crippen molar-refractivity contribution in [2.75, 3.05) is 0 Å². The summed E-state index contributed by atoms with van der Waals surface area (Å²) in [4.78, 5) is 0. The second kappa shape index (κ2) is 3.32. The molecule has 2 atom stereocenters. The predicted molar refractivity (Wildman–Crippen MR) is 57.6 cm³/mol. The summed E-state index contributed by atoms with van der Waals surface area (Å²) >= 11 is 0. The van der Waals surface area contributed by atoms with Gasteiger partial charge < -0.3 is 0 Å². The van der Waals surface area contributed by atoms with Gasteiger partial charge in [0.25, 0.3) is 0 Å². The molecule has 0 aromatic rings. The highest BCUT2D eigenvalue weighted by atomic mass is 14.4. The van der Waals surface area contributed by atoms with Crippen LogP contribution in [0.15, 0.2) is 23.8 Å². The molecule has 0 radical (unpaired) electrons. The topological polar surface area (TPSA) is 0 Å². The second-order valence-corrected chi connectivity index (χ2v) is 4.96. The summed E-state index contributed by atoms with van der Waals surface area (Å²) in [7, 11) is 0. The zero-order valence-electron chi connectivity index (χ0n) is 8.84. The quantitative estimate of drug-likeness (QED) is 0.488. The van der Waals surface area contributed by atoms with Crippen molar-refractivity contribution in [1.82, 2.24) is 0 Å². The average molecular weight is 176 g/mol. The van der Waals surface area contributed by atoms with Crippen LogP contribution in [0.2, 0.25) is 0 Å². The Bertz CT molecular complexity index is 247. The number of fused-ring (bicyclic) bond motifs is 1. The highest BCUT2D eigenvalue weighted by Crippen LogP contribution is 2.48. The molecule has 13 heavy (non-hydrogen) atoms. The third-order valence-electron chi connectivity index (χ3n) is 3.94. The van der Waals surface area contributed by atoms with Gasteiger partial charge in [0.2, 0.25) is 0 Å². The van der Waals surface area contributed by atoms with Crippen molar-refractivity contribution in [2.24, 2.45) is 11.3 Å². The summed E-state index contributed by atoms with van der Waals surface area (Å²) < 4.78 is 0. The lowest BCUT2D eigenvalue weighted by atomic mass is 9.71. The van der Waals surface area contributed by atoms with Gasteiger partial charge in [-0.1, -0.05) is 30.7 Å². The molecule has 0 heteroatoms. The number of allylic oxidation sites excluding steroid dienone is 4. The van der Waals surface area contributed by atoms with E-state index in [1.165, 1.54) is 32.1 Å². The van der Waals surface area contributed by atoms with E-state index in [9.17, 15) is 0 Å². The molecule has 2 aliphatic carbocycles. The number of rotatable bonds is 0. The fourth-order valence-corrected chi connectivity index (χ4v) is 2.95. The van der Waals surface area contributed by atoms with E-state index < -0.39 is 0 Å². The molecule has 0 aliphatic heterocycles. The third kappa shape index (κ3) is 1.59. The van der Waals surface area contributed by atoms with Gasteiger partial charge in [-0.05, 0) is 50.4 Å². The van der Waals surface area contributed by atoms with Crippen molar-refractivity contribution in [3.8, 4) is 0 Å². The van der Waals surface area contributed by atoms with Crippen molar-refractivity contribution in [1.29, 1.82) is 0 Å². The maximum atomic E-state index is 2.48. The van der Waals surface area contributed by atoms with Gasteiger partial charge in [-0.2, -0.15) is 0 Å². The van der Waals surface area contributed by atoms with Crippen LogP contribution in [0.25, 0.3) is 0 Å². The van der Waals surface area contributed by atoms with Crippen molar-refractivity contribution in [3.05, 3.63) is 23.8 Å². The molecular formula is C13H20. The van der Waals surface area contributed by atoms with Gasteiger partial charge in [0.05, 0.1) is 0 Å². The Kier molecular flexibility index (Phi) is 2.31. The standard InChI is InChI=1S/C13H20/c1-11-8-10-13(2)9-6-4-3-5-7-12(11)13/h3,5,8,12H,4,6-7,9-10H2,1-2H3/b5-3-. The Morgan fingerprint density at radius 2 is 2.23 bits per heavy atom. The molecular weight excluding hydrogens is 156 g/mol. The van der Waals surface area contributed by atoms with Crippen molar-refractivity contribution in [2.45, 2.75) is 46.0 Å². The molecule has 0 nitrogen and oxygen atoms in total. The third-order valence-corrected chi connectivity index (χ3v) is 3.94. The molecule has 72 valence electrons. The fourth-order valence-electron chi connectivity index (χ4n) is 2.95. The van der Waals surface area contributed by atoms with E-state index in [0.29, 0.717) is 5.41 Å². The van der Waals surface area contributed by atoms with Crippen LogP contribution in [0.1, 0.15) is 46.0 Å². The molecule has 0 saturated heterocycles. The van der Waals surface area contributed by atoms with Crippen LogP contribution in [0, 0.1) is 11.3 Å². The van der Waals surface area contributed by atoms with Crippen LogP contribution in [-0.2, 0) is 0 Å². The number of hydrogen-bond acceptors (Lipinski definition) is 0. The van der Waals surface area contributed by atoms with Crippen LogP contribution < -0.4 is 0 Å². The second-order valence-electron chi connectivity index (χ2n) is 4.96. The van der Waals surface area contributed by atoms with Crippen LogP contribution in [0.4, 0.5) is 0 Å². The molecule has 2 aliphatic rings. The molecule has 2 rings (SSSR count). The zero-order chi connectivity index (χ0) is 9.31. The summed E-state index contributed by atoms with van der Waals surface area (Å²) in [5, 5.41) is 0. The minimum absolute atomic E-state index is 0.592. The maximum absolute atomic E-state index is 2.48. The van der Waals surface area contributed by atoms with Gasteiger partial charge in [-0.3, -0.25) is 0 Å². The minimum atomic E-state index is 0.592. The van der Waals surface area contributed by atoms with Gasteiger partial charge in [-0.15, -0.1) is 0 Å². The fraction of sp³-hybridized carbons (Fsp3) is 0.692. The average Bonchev–Trinajstić information content (AvgIpc) is 2.32. The monoisotopic (exact) mass is 176 g/mol. The number of hydrogen-bond donors (Lipinski definition) is 0. The van der Waals surface area contributed by atoms with E-state index in [4.69, 9.17) is 0 Å². The molecule has 0 spiro atoms. The Morgan fingerprint density at radius 1 is 1.38 bits per heavy atom. The molecule has 0 N–H and O–H groups in total. The first-order valence-corrected chi connectivity index (χ1v) is 5.54. The normalized spacial score (nSPS) is 41.7. The first-order chi connectivity index (χ1) is 6.22. The molecule has 0 fully saturated rings. The molecule has 0 aromatic carbocycles. The smallest absolute Gasteiger partial charge is 0.0114 e. The van der Waals surface area contributed by atoms with Crippen molar-refractivity contribution >= 4 is 0 Å². The Balaban J connectivity index is 2.20. The lowest BCUT2D eigenvalue weighted by molar-refractivity contribution is 0.215. The largest absolute Gasteiger partial charge is 0.0885 e. The molecule has 0 aromatic heterocycles. The summed E-state index contributed by atoms with van der Waals surface area (Å²) in [5.74, 6) is 0.837. The van der Waals surface area contributed by atoms with Gasteiger partial charge in [0.1, 0.15) is 0 Å². The molecule has 2 unspecified atom stereocenters. The van der Waals surface area contributed by atoms with E-state index >= 15 is 0 Å². The highest BCUT2D eigenvalue weighted by molar-refractivity contribution is 5.19. The molecule has 0 bridgehead atoms. The SMILES string of the molecule is CC1=CCC2(C)CCC/C=C\CC12. The minimum Gasteiger partial charge on any atom is -0.0885 e. The van der Waals surface area contributed by atoms with E-state index in [-0.39, 0.29) is 0 Å². The van der Waals surface area contributed by atoms with Crippen LogP contribution in [0.5, 0.6) is 0 Å². The first-order valence-electron chi connectivity index (χ1n) is 5.54. The van der Waals surface area contributed by atoms with E-state index in [2.05, 4.69) is 32.1 Å². The Labute approximate surface area is 81.7 Å². The Morgan fingerprint density at radius 3 is 3.08 bits per heavy atom. The lowest BCUT2D eigenvalue weighted by Crippen LogP contribution is -2.24. The van der Waals surface area contributed by atoms with Gasteiger partial charge >= 0.3 is 0 Å². The first kappa shape index (κ1) is 9.05. The summed E-state index contributed by atoms with van der Waals surface area (Å²) in [6, 6.07) is 0. The summed E-state index contributed by atoms with van der Waals surface area (Å²) in [6.45, 7) is 4.79. The lowest BCUT2D eigenvalue weighted by Gasteiger charge is -2.33. The Hall–Kier alpha value is -0.520. The van der Waals surface area contributed by atoms with Crippen LogP contribution >= 0.6 is 0 Å². The van der Waals surface area contributed by atoms with Crippen LogP contribution in [-0.4, -0.2) is 0 Å². The van der Waals surface area contributed by atoms with E-state index in [1.807, 2.05) is 0 Å². The van der Waals surface area contributed by atoms with E-state index in [0.717, 1.165) is 5.92 Å². The summed E-state index contributed by atoms with van der Waals surface area (Å²) in [5.41, 5.74) is 2.23. The molecule has 0 amide bonds.